The molecule has 7 heteroatoms. The van der Waals surface area contributed by atoms with Gasteiger partial charge in [-0.2, -0.15) is 0 Å². The summed E-state index contributed by atoms with van der Waals surface area (Å²) in [4.78, 5) is 0. The minimum absolute atomic E-state index is 0.405. The quantitative estimate of drug-likeness (QED) is 0.635. The number of rotatable bonds is 7. The molecule has 1 saturated heterocycles. The van der Waals surface area contributed by atoms with Crippen molar-refractivity contribution in [3.8, 4) is 5.75 Å². The van der Waals surface area contributed by atoms with E-state index in [4.69, 9.17) is 25.8 Å². The van der Waals surface area contributed by atoms with Crippen molar-refractivity contribution in [2.45, 2.75) is 43.9 Å². The third-order valence-corrected chi connectivity index (χ3v) is 5.54. The van der Waals surface area contributed by atoms with Gasteiger partial charge in [-0.15, -0.1) is 0 Å². The maximum Gasteiger partial charge on any atom is 0.119 e. The zero-order valence-electron chi connectivity index (χ0n) is 16.5. The third-order valence-electron chi connectivity index (χ3n) is 5.17. The molecule has 6 nitrogen and oxygen atoms in total. The molecule has 1 fully saturated rings. The van der Waals surface area contributed by atoms with Gasteiger partial charge in [-0.3, -0.25) is 0 Å². The van der Waals surface area contributed by atoms with Crippen LogP contribution in [0.25, 0.3) is 0 Å². The Morgan fingerprint density at radius 1 is 1.07 bits per heavy atom. The highest BCUT2D eigenvalue weighted by Crippen LogP contribution is 2.35. The van der Waals surface area contributed by atoms with Crippen LogP contribution in [0.2, 0.25) is 5.02 Å². The molecule has 0 radical (unpaired) electrons. The molecule has 0 unspecified atom stereocenters. The standard InChI is InChI=1S/C22H27ClO6/c1-3-28-16-7-4-13(5-8-16)10-15-11-14(6-9-17(15)23)21-22(27-2)20(26)19(25)18(12-24)29-21/h4-9,11,18-22,24-26H,3,10,12H2,1-2H3/t18-,19-,20+,21+,22-/m1/s1. The fraction of sp³-hybridized carbons (Fsp3) is 0.455. The Hall–Kier alpha value is -1.67. The van der Waals surface area contributed by atoms with E-state index < -0.39 is 37.1 Å². The van der Waals surface area contributed by atoms with Gasteiger partial charge in [-0.1, -0.05) is 35.9 Å². The number of aliphatic hydroxyl groups excluding tert-OH is 3. The molecule has 3 rings (SSSR count). The van der Waals surface area contributed by atoms with Gasteiger partial charge < -0.3 is 29.5 Å². The van der Waals surface area contributed by atoms with E-state index in [1.807, 2.05) is 37.3 Å². The van der Waals surface area contributed by atoms with E-state index in [0.717, 1.165) is 22.4 Å². The van der Waals surface area contributed by atoms with E-state index in [-0.39, 0.29) is 0 Å². The summed E-state index contributed by atoms with van der Waals surface area (Å²) in [7, 11) is 1.45. The first kappa shape index (κ1) is 22.0. The summed E-state index contributed by atoms with van der Waals surface area (Å²) in [6.45, 7) is 2.15. The Kier molecular flexibility index (Phi) is 7.51. The van der Waals surface area contributed by atoms with Crippen LogP contribution < -0.4 is 4.74 Å². The third kappa shape index (κ3) is 4.91. The van der Waals surface area contributed by atoms with Crippen LogP contribution in [0.3, 0.4) is 0 Å². The maximum atomic E-state index is 10.4. The summed E-state index contributed by atoms with van der Waals surface area (Å²) in [5, 5.41) is 30.6. The summed E-state index contributed by atoms with van der Waals surface area (Å²) in [5.41, 5.74) is 2.73. The molecule has 3 N–H and O–H groups in total. The molecule has 0 aliphatic carbocycles. The number of aliphatic hydroxyl groups is 3. The first-order valence-corrected chi connectivity index (χ1v) is 10.0. The van der Waals surface area contributed by atoms with Gasteiger partial charge in [0.2, 0.25) is 0 Å². The van der Waals surface area contributed by atoms with Crippen LogP contribution in [0.15, 0.2) is 42.5 Å². The Morgan fingerprint density at radius 2 is 1.79 bits per heavy atom. The zero-order chi connectivity index (χ0) is 21.0. The number of hydrogen-bond donors (Lipinski definition) is 3. The first-order chi connectivity index (χ1) is 14.0. The van der Waals surface area contributed by atoms with Crippen molar-refractivity contribution in [3.63, 3.8) is 0 Å². The number of hydrogen-bond acceptors (Lipinski definition) is 6. The lowest BCUT2D eigenvalue weighted by atomic mass is 9.90. The molecule has 1 aliphatic heterocycles. The molecule has 5 atom stereocenters. The van der Waals surface area contributed by atoms with E-state index in [1.165, 1.54) is 7.11 Å². The van der Waals surface area contributed by atoms with Crippen molar-refractivity contribution in [1.29, 1.82) is 0 Å². The molecular formula is C22H27ClO6. The normalized spacial score (nSPS) is 27.0. The van der Waals surface area contributed by atoms with E-state index >= 15 is 0 Å². The smallest absolute Gasteiger partial charge is 0.119 e. The van der Waals surface area contributed by atoms with Gasteiger partial charge in [0.05, 0.1) is 13.2 Å². The molecule has 29 heavy (non-hydrogen) atoms. The summed E-state index contributed by atoms with van der Waals surface area (Å²) in [5.74, 6) is 0.817. The lowest BCUT2D eigenvalue weighted by Crippen LogP contribution is -2.55. The van der Waals surface area contributed by atoms with Gasteiger partial charge in [0.1, 0.15) is 36.3 Å². The van der Waals surface area contributed by atoms with Gasteiger partial charge in [0.25, 0.3) is 0 Å². The monoisotopic (exact) mass is 422 g/mol. The zero-order valence-corrected chi connectivity index (χ0v) is 17.2. The van der Waals surface area contributed by atoms with Gasteiger partial charge in [-0.25, -0.2) is 0 Å². The van der Waals surface area contributed by atoms with Gasteiger partial charge in [0, 0.05) is 12.1 Å². The molecule has 0 aromatic heterocycles. The van der Waals surface area contributed by atoms with Gasteiger partial charge >= 0.3 is 0 Å². The van der Waals surface area contributed by atoms with E-state index in [9.17, 15) is 15.3 Å². The van der Waals surface area contributed by atoms with E-state index in [1.54, 1.807) is 12.1 Å². The van der Waals surface area contributed by atoms with Crippen LogP contribution in [0, 0.1) is 0 Å². The molecule has 0 saturated carbocycles. The summed E-state index contributed by atoms with van der Waals surface area (Å²) < 4.78 is 16.7. The summed E-state index contributed by atoms with van der Waals surface area (Å²) in [6, 6.07) is 13.3. The lowest BCUT2D eigenvalue weighted by Gasteiger charge is -2.42. The number of methoxy groups -OCH3 is 1. The van der Waals surface area contributed by atoms with E-state index in [2.05, 4.69) is 0 Å². The molecule has 0 bridgehead atoms. The van der Waals surface area contributed by atoms with Crippen LogP contribution >= 0.6 is 11.6 Å². The van der Waals surface area contributed by atoms with Crippen molar-refractivity contribution in [3.05, 3.63) is 64.2 Å². The first-order valence-electron chi connectivity index (χ1n) is 9.63. The summed E-state index contributed by atoms with van der Waals surface area (Å²) >= 11 is 6.42. The predicted octanol–water partition coefficient (Wildman–Crippen LogP) is 2.50. The van der Waals surface area contributed by atoms with Crippen molar-refractivity contribution in [2.75, 3.05) is 20.3 Å². The largest absolute Gasteiger partial charge is 0.494 e. The highest BCUT2D eigenvalue weighted by atomic mass is 35.5. The van der Waals surface area contributed by atoms with Crippen molar-refractivity contribution in [2.24, 2.45) is 0 Å². The molecule has 2 aromatic rings. The molecule has 0 amide bonds. The second-order valence-electron chi connectivity index (χ2n) is 7.06. The number of benzene rings is 2. The minimum atomic E-state index is -1.23. The number of ether oxygens (including phenoxy) is 3. The van der Waals surface area contributed by atoms with Crippen LogP contribution in [-0.2, 0) is 15.9 Å². The van der Waals surface area contributed by atoms with Gasteiger partial charge in [0.15, 0.2) is 0 Å². The summed E-state index contributed by atoms with van der Waals surface area (Å²) in [6.07, 6.45) is -4.11. The van der Waals surface area contributed by atoms with Crippen LogP contribution in [0.1, 0.15) is 29.7 Å². The average Bonchev–Trinajstić information content (AvgIpc) is 2.73. The Balaban J connectivity index is 1.85. The predicted molar refractivity (Wildman–Crippen MR) is 109 cm³/mol. The fourth-order valence-electron chi connectivity index (χ4n) is 3.62. The molecule has 1 heterocycles. The molecule has 158 valence electrons. The van der Waals surface area contributed by atoms with Crippen molar-refractivity contribution >= 4 is 11.6 Å². The Labute approximate surface area is 175 Å². The van der Waals surface area contributed by atoms with Crippen molar-refractivity contribution < 1.29 is 29.5 Å². The average molecular weight is 423 g/mol. The Bertz CT molecular complexity index is 796. The second-order valence-corrected chi connectivity index (χ2v) is 7.47. The second kappa shape index (κ2) is 9.89. The van der Waals surface area contributed by atoms with Gasteiger partial charge in [-0.05, 0) is 48.2 Å². The van der Waals surface area contributed by atoms with Crippen LogP contribution in [-0.4, -0.2) is 60.1 Å². The highest BCUT2D eigenvalue weighted by Gasteiger charge is 2.45. The minimum Gasteiger partial charge on any atom is -0.494 e. The molecule has 0 spiro atoms. The van der Waals surface area contributed by atoms with Crippen LogP contribution in [0.4, 0.5) is 0 Å². The van der Waals surface area contributed by atoms with Crippen LogP contribution in [0.5, 0.6) is 5.75 Å². The lowest BCUT2D eigenvalue weighted by molar-refractivity contribution is -0.238. The molecule has 2 aromatic carbocycles. The topological polar surface area (TPSA) is 88.4 Å². The number of halogens is 1. The fourth-order valence-corrected chi connectivity index (χ4v) is 3.80. The molecular weight excluding hydrogens is 396 g/mol. The van der Waals surface area contributed by atoms with Crippen molar-refractivity contribution in [1.82, 2.24) is 0 Å². The molecule has 1 aliphatic rings. The Morgan fingerprint density at radius 3 is 2.41 bits per heavy atom. The van der Waals surface area contributed by atoms with E-state index in [0.29, 0.717) is 18.1 Å². The highest BCUT2D eigenvalue weighted by molar-refractivity contribution is 6.31. The SMILES string of the molecule is CCOc1ccc(Cc2cc([C@@H]3O[C@H](CO)[C@@H](O)[C@H](O)[C@H]3OC)ccc2Cl)cc1. The maximum absolute atomic E-state index is 10.4.